The standard InChI is InChI=1S/C24H27N3O5S/c25-22-20-9-5-4-8-19(20)18(16-26-27-10-12-33(31,32)13-11-27)14-24(22,15-21(28)29)23(30)17-6-2-1-3-7-17/h1-9,16,18,22H,10-15,25H2,(H,28,29). The summed E-state index contributed by atoms with van der Waals surface area (Å²) in [6.45, 7) is 0.603. The van der Waals surface area contributed by atoms with Crippen molar-refractivity contribution in [3.8, 4) is 0 Å². The maximum atomic E-state index is 13.7. The average molecular weight is 470 g/mol. The number of rotatable bonds is 6. The van der Waals surface area contributed by atoms with E-state index in [1.165, 1.54) is 0 Å². The summed E-state index contributed by atoms with van der Waals surface area (Å²) in [5, 5.41) is 16.0. The fourth-order valence-corrected chi connectivity index (χ4v) is 6.01. The molecule has 174 valence electrons. The van der Waals surface area contributed by atoms with Crippen LogP contribution < -0.4 is 5.73 Å². The predicted molar refractivity (Wildman–Crippen MR) is 125 cm³/mol. The Labute approximate surface area is 193 Å². The van der Waals surface area contributed by atoms with Crippen molar-refractivity contribution in [3.63, 3.8) is 0 Å². The molecule has 3 N–H and O–H groups in total. The van der Waals surface area contributed by atoms with Crippen LogP contribution in [0.1, 0.15) is 46.3 Å². The van der Waals surface area contributed by atoms with E-state index in [4.69, 9.17) is 5.73 Å². The van der Waals surface area contributed by atoms with Crippen LogP contribution in [0.2, 0.25) is 0 Å². The van der Waals surface area contributed by atoms with E-state index >= 15 is 0 Å². The van der Waals surface area contributed by atoms with Crippen LogP contribution in [0.4, 0.5) is 0 Å². The van der Waals surface area contributed by atoms with Crippen molar-refractivity contribution >= 4 is 27.8 Å². The summed E-state index contributed by atoms with van der Waals surface area (Å²) in [7, 11) is -3.03. The van der Waals surface area contributed by atoms with E-state index in [0.717, 1.165) is 11.1 Å². The van der Waals surface area contributed by atoms with Gasteiger partial charge in [-0.05, 0) is 17.5 Å². The minimum absolute atomic E-state index is 0.0475. The van der Waals surface area contributed by atoms with Gasteiger partial charge in [0, 0.05) is 23.7 Å². The van der Waals surface area contributed by atoms with Crippen LogP contribution in [-0.2, 0) is 14.6 Å². The minimum atomic E-state index is -3.03. The van der Waals surface area contributed by atoms with Gasteiger partial charge in [0.1, 0.15) is 0 Å². The molecule has 3 unspecified atom stereocenters. The summed E-state index contributed by atoms with van der Waals surface area (Å²) in [4.78, 5) is 25.7. The van der Waals surface area contributed by atoms with E-state index in [0.29, 0.717) is 18.7 Å². The van der Waals surface area contributed by atoms with Crippen molar-refractivity contribution in [2.24, 2.45) is 16.3 Å². The molecule has 33 heavy (non-hydrogen) atoms. The number of carboxylic acids is 1. The number of nitrogens with two attached hydrogens (primary N) is 1. The first-order chi connectivity index (χ1) is 15.7. The number of benzene rings is 2. The number of carbonyl (C=O) groups is 2. The highest BCUT2D eigenvalue weighted by molar-refractivity contribution is 7.91. The molecule has 8 nitrogen and oxygen atoms in total. The Bertz CT molecular complexity index is 1170. The van der Waals surface area contributed by atoms with Crippen molar-refractivity contribution in [1.29, 1.82) is 0 Å². The number of carbonyl (C=O) groups excluding carboxylic acids is 1. The first kappa shape index (κ1) is 23.1. The van der Waals surface area contributed by atoms with Gasteiger partial charge in [-0.3, -0.25) is 14.6 Å². The molecule has 9 heteroatoms. The number of nitrogens with zero attached hydrogens (tertiary/aromatic N) is 2. The van der Waals surface area contributed by atoms with Gasteiger partial charge in [0.2, 0.25) is 0 Å². The molecule has 1 saturated heterocycles. The summed E-state index contributed by atoms with van der Waals surface area (Å²) in [6.07, 6.45) is 1.50. The van der Waals surface area contributed by atoms with Gasteiger partial charge in [-0.1, -0.05) is 54.6 Å². The van der Waals surface area contributed by atoms with E-state index in [1.807, 2.05) is 24.3 Å². The number of hydrazone groups is 1. The number of fused-ring (bicyclic) bond motifs is 1. The second kappa shape index (κ2) is 9.07. The lowest BCUT2D eigenvalue weighted by Crippen LogP contribution is -2.47. The van der Waals surface area contributed by atoms with E-state index in [-0.39, 0.29) is 29.6 Å². The average Bonchev–Trinajstić information content (AvgIpc) is 2.80. The van der Waals surface area contributed by atoms with Crippen LogP contribution in [0.15, 0.2) is 59.7 Å². The Morgan fingerprint density at radius 3 is 2.30 bits per heavy atom. The molecule has 1 fully saturated rings. The monoisotopic (exact) mass is 469 g/mol. The SMILES string of the molecule is NC1c2ccccc2C(C=NN2CCS(=O)(=O)CC2)CC1(CC(=O)O)C(=O)c1ccccc1. The second-order valence-electron chi connectivity index (χ2n) is 8.71. The molecule has 4 rings (SSSR count). The van der Waals surface area contributed by atoms with Crippen LogP contribution in [0.25, 0.3) is 0 Å². The quantitative estimate of drug-likeness (QED) is 0.490. The first-order valence-corrected chi connectivity index (χ1v) is 12.7. The Kier molecular flexibility index (Phi) is 6.36. The van der Waals surface area contributed by atoms with Crippen molar-refractivity contribution in [1.82, 2.24) is 5.01 Å². The second-order valence-corrected chi connectivity index (χ2v) is 11.0. The third kappa shape index (κ3) is 4.69. The first-order valence-electron chi connectivity index (χ1n) is 10.9. The molecule has 0 amide bonds. The van der Waals surface area contributed by atoms with Crippen LogP contribution in [0, 0.1) is 5.41 Å². The maximum Gasteiger partial charge on any atom is 0.304 e. The molecular formula is C24H27N3O5S. The maximum absolute atomic E-state index is 13.7. The van der Waals surface area contributed by atoms with Crippen LogP contribution >= 0.6 is 0 Å². The molecule has 0 bridgehead atoms. The van der Waals surface area contributed by atoms with Gasteiger partial charge in [-0.2, -0.15) is 5.10 Å². The zero-order chi connectivity index (χ0) is 23.6. The highest BCUT2D eigenvalue weighted by Crippen LogP contribution is 2.51. The molecule has 0 saturated carbocycles. The van der Waals surface area contributed by atoms with E-state index in [1.54, 1.807) is 41.6 Å². The Hall–Kier alpha value is -3.04. The zero-order valence-corrected chi connectivity index (χ0v) is 18.9. The van der Waals surface area contributed by atoms with E-state index in [9.17, 15) is 23.1 Å². The summed E-state index contributed by atoms with van der Waals surface area (Å²) in [6, 6.07) is 15.3. The fourth-order valence-electron chi connectivity index (χ4n) is 4.83. The van der Waals surface area contributed by atoms with Gasteiger partial charge < -0.3 is 10.8 Å². The molecule has 0 spiro atoms. The van der Waals surface area contributed by atoms with Gasteiger partial charge in [0.25, 0.3) is 0 Å². The van der Waals surface area contributed by atoms with Gasteiger partial charge in [0.05, 0.1) is 36.4 Å². The van der Waals surface area contributed by atoms with Crippen molar-refractivity contribution in [2.45, 2.75) is 24.8 Å². The third-order valence-corrected chi connectivity index (χ3v) is 8.20. The topological polar surface area (TPSA) is 130 Å². The minimum Gasteiger partial charge on any atom is -0.481 e. The molecule has 1 aliphatic heterocycles. The highest BCUT2D eigenvalue weighted by Gasteiger charge is 2.51. The van der Waals surface area contributed by atoms with Gasteiger partial charge in [-0.25, -0.2) is 8.42 Å². The van der Waals surface area contributed by atoms with Gasteiger partial charge in [0.15, 0.2) is 15.6 Å². The van der Waals surface area contributed by atoms with Crippen LogP contribution in [0.3, 0.4) is 0 Å². The molecule has 0 aromatic heterocycles. The van der Waals surface area contributed by atoms with Gasteiger partial charge in [-0.15, -0.1) is 0 Å². The van der Waals surface area contributed by atoms with Gasteiger partial charge >= 0.3 is 5.97 Å². The number of carboxylic acid groups (broad SMARTS) is 1. The predicted octanol–water partition coefficient (Wildman–Crippen LogP) is 2.23. The highest BCUT2D eigenvalue weighted by atomic mass is 32.2. The lowest BCUT2D eigenvalue weighted by molar-refractivity contribution is -0.139. The van der Waals surface area contributed by atoms with Crippen molar-refractivity contribution in [2.75, 3.05) is 24.6 Å². The smallest absolute Gasteiger partial charge is 0.304 e. The van der Waals surface area contributed by atoms with E-state index in [2.05, 4.69) is 5.10 Å². The molecule has 1 heterocycles. The van der Waals surface area contributed by atoms with Crippen LogP contribution in [0.5, 0.6) is 0 Å². The number of hydrogen-bond acceptors (Lipinski definition) is 7. The molecule has 2 aromatic carbocycles. The summed E-state index contributed by atoms with van der Waals surface area (Å²) in [5.74, 6) is -1.63. The third-order valence-electron chi connectivity index (χ3n) is 6.60. The molecular weight excluding hydrogens is 442 g/mol. The molecule has 0 radical (unpaired) electrons. The Morgan fingerprint density at radius 1 is 1.06 bits per heavy atom. The zero-order valence-electron chi connectivity index (χ0n) is 18.1. The Balaban J connectivity index is 1.73. The molecule has 2 aliphatic rings. The van der Waals surface area contributed by atoms with Crippen LogP contribution in [-0.4, -0.2) is 61.1 Å². The number of Topliss-reactive ketones (excluding diaryl/α,β-unsaturated/α-hetero) is 1. The molecule has 2 aromatic rings. The largest absolute Gasteiger partial charge is 0.481 e. The normalized spacial score (nSPS) is 26.6. The number of sulfone groups is 1. The lowest BCUT2D eigenvalue weighted by Gasteiger charge is -2.44. The molecule has 1 aliphatic carbocycles. The number of hydrogen-bond donors (Lipinski definition) is 2. The van der Waals surface area contributed by atoms with E-state index < -0.39 is 33.7 Å². The summed E-state index contributed by atoms with van der Waals surface area (Å²) >= 11 is 0. The molecule has 3 atom stereocenters. The van der Waals surface area contributed by atoms with Crippen molar-refractivity contribution < 1.29 is 23.1 Å². The van der Waals surface area contributed by atoms with Crippen molar-refractivity contribution in [3.05, 3.63) is 71.3 Å². The fraction of sp³-hybridized carbons (Fsp3) is 0.375. The number of aliphatic carboxylic acids is 1. The summed E-state index contributed by atoms with van der Waals surface area (Å²) in [5.41, 5.74) is 7.35. The Morgan fingerprint density at radius 2 is 1.67 bits per heavy atom. The lowest BCUT2D eigenvalue weighted by atomic mass is 9.60. The number of ketones is 1. The summed E-state index contributed by atoms with van der Waals surface area (Å²) < 4.78 is 23.4.